The summed E-state index contributed by atoms with van der Waals surface area (Å²) in [5, 5.41) is 3.01. The molecule has 1 N–H and O–H groups in total. The van der Waals surface area contributed by atoms with E-state index in [4.69, 9.17) is 4.74 Å². The molecule has 0 saturated carbocycles. The Morgan fingerprint density at radius 1 is 1.12 bits per heavy atom. The molecule has 1 aliphatic heterocycles. The fourth-order valence-electron chi connectivity index (χ4n) is 3.37. The van der Waals surface area contributed by atoms with Gasteiger partial charge >= 0.3 is 0 Å². The van der Waals surface area contributed by atoms with E-state index in [0.717, 1.165) is 37.2 Å². The van der Waals surface area contributed by atoms with Crippen molar-refractivity contribution in [3.63, 3.8) is 0 Å². The highest BCUT2D eigenvalue weighted by molar-refractivity contribution is 5.78. The smallest absolute Gasteiger partial charge is 0.234 e. The molecule has 0 bridgehead atoms. The molecule has 2 aromatic rings. The number of carbonyl (C=O) groups is 1. The first-order chi connectivity index (χ1) is 12.2. The van der Waals surface area contributed by atoms with Gasteiger partial charge in [-0.25, -0.2) is 0 Å². The number of hydrogen-bond acceptors (Lipinski definition) is 3. The summed E-state index contributed by atoms with van der Waals surface area (Å²) in [7, 11) is 1.69. The standard InChI is InChI=1S/C21H26N2O2/c1-25-20-9-7-17(8-10-20)13-19-11-12-23(15-19)16-21(24)22-14-18-5-3-2-4-6-18/h2-10,19H,11-16H2,1H3,(H,22,24). The van der Waals surface area contributed by atoms with E-state index in [2.05, 4.69) is 22.3 Å². The van der Waals surface area contributed by atoms with Gasteiger partial charge in [0.25, 0.3) is 0 Å². The van der Waals surface area contributed by atoms with Gasteiger partial charge in [0.1, 0.15) is 5.75 Å². The molecule has 1 saturated heterocycles. The van der Waals surface area contributed by atoms with E-state index in [1.165, 1.54) is 5.56 Å². The van der Waals surface area contributed by atoms with Crippen molar-refractivity contribution < 1.29 is 9.53 Å². The number of likely N-dealkylation sites (tertiary alicyclic amines) is 1. The van der Waals surface area contributed by atoms with Crippen LogP contribution in [0.2, 0.25) is 0 Å². The zero-order valence-electron chi connectivity index (χ0n) is 14.8. The second-order valence-corrected chi connectivity index (χ2v) is 6.70. The Labute approximate surface area is 149 Å². The van der Waals surface area contributed by atoms with Gasteiger partial charge in [0, 0.05) is 13.1 Å². The molecule has 4 nitrogen and oxygen atoms in total. The van der Waals surface area contributed by atoms with E-state index in [0.29, 0.717) is 19.0 Å². The Bertz CT molecular complexity index is 670. The number of amides is 1. The van der Waals surface area contributed by atoms with Crippen LogP contribution in [0.25, 0.3) is 0 Å². The predicted octanol–water partition coefficient (Wildman–Crippen LogP) is 2.88. The molecule has 1 amide bonds. The maximum atomic E-state index is 12.1. The summed E-state index contributed by atoms with van der Waals surface area (Å²) >= 11 is 0. The van der Waals surface area contributed by atoms with Crippen molar-refractivity contribution in [1.29, 1.82) is 0 Å². The number of nitrogens with zero attached hydrogens (tertiary/aromatic N) is 1. The molecule has 3 rings (SSSR count). The highest BCUT2D eigenvalue weighted by Gasteiger charge is 2.24. The Morgan fingerprint density at radius 2 is 1.88 bits per heavy atom. The average molecular weight is 338 g/mol. The molecular weight excluding hydrogens is 312 g/mol. The molecule has 2 aromatic carbocycles. The molecule has 1 unspecified atom stereocenters. The SMILES string of the molecule is COc1ccc(CC2CCN(CC(=O)NCc3ccccc3)C2)cc1. The minimum Gasteiger partial charge on any atom is -0.497 e. The van der Waals surface area contributed by atoms with Crippen LogP contribution >= 0.6 is 0 Å². The highest BCUT2D eigenvalue weighted by Crippen LogP contribution is 2.22. The summed E-state index contributed by atoms with van der Waals surface area (Å²) in [4.78, 5) is 14.4. The quantitative estimate of drug-likeness (QED) is 0.844. The van der Waals surface area contributed by atoms with Gasteiger partial charge in [-0.05, 0) is 48.6 Å². The third kappa shape index (κ3) is 5.33. The molecule has 1 aliphatic rings. The van der Waals surface area contributed by atoms with E-state index in [-0.39, 0.29) is 5.91 Å². The number of methoxy groups -OCH3 is 1. The van der Waals surface area contributed by atoms with Crippen molar-refractivity contribution in [2.45, 2.75) is 19.4 Å². The van der Waals surface area contributed by atoms with E-state index >= 15 is 0 Å². The topological polar surface area (TPSA) is 41.6 Å². The van der Waals surface area contributed by atoms with Gasteiger partial charge in [-0.3, -0.25) is 9.69 Å². The average Bonchev–Trinajstić information content (AvgIpc) is 3.08. The lowest BCUT2D eigenvalue weighted by Gasteiger charge is -2.16. The molecule has 1 atom stereocenters. The molecule has 0 aromatic heterocycles. The Balaban J connectivity index is 1.40. The van der Waals surface area contributed by atoms with Crippen molar-refractivity contribution in [3.8, 4) is 5.75 Å². The van der Waals surface area contributed by atoms with Gasteiger partial charge < -0.3 is 10.1 Å². The van der Waals surface area contributed by atoms with Crippen LogP contribution in [-0.2, 0) is 17.8 Å². The van der Waals surface area contributed by atoms with E-state index in [9.17, 15) is 4.79 Å². The lowest BCUT2D eigenvalue weighted by Crippen LogP contribution is -2.35. The Morgan fingerprint density at radius 3 is 2.60 bits per heavy atom. The zero-order chi connectivity index (χ0) is 17.5. The van der Waals surface area contributed by atoms with Crippen molar-refractivity contribution in [3.05, 3.63) is 65.7 Å². The van der Waals surface area contributed by atoms with Crippen LogP contribution in [0.3, 0.4) is 0 Å². The molecule has 0 radical (unpaired) electrons. The van der Waals surface area contributed by atoms with Gasteiger partial charge in [0.15, 0.2) is 0 Å². The predicted molar refractivity (Wildman–Crippen MR) is 99.5 cm³/mol. The van der Waals surface area contributed by atoms with Gasteiger partial charge in [-0.1, -0.05) is 42.5 Å². The van der Waals surface area contributed by atoms with Crippen molar-refractivity contribution in [1.82, 2.24) is 10.2 Å². The number of carbonyl (C=O) groups excluding carboxylic acids is 1. The van der Waals surface area contributed by atoms with Crippen LogP contribution in [0, 0.1) is 5.92 Å². The van der Waals surface area contributed by atoms with Crippen LogP contribution in [0.15, 0.2) is 54.6 Å². The molecule has 4 heteroatoms. The summed E-state index contributed by atoms with van der Waals surface area (Å²) < 4.78 is 5.20. The second kappa shape index (κ2) is 8.67. The summed E-state index contributed by atoms with van der Waals surface area (Å²) in [6.45, 7) is 3.08. The minimum atomic E-state index is 0.106. The highest BCUT2D eigenvalue weighted by atomic mass is 16.5. The van der Waals surface area contributed by atoms with Crippen LogP contribution in [0.1, 0.15) is 17.5 Å². The summed E-state index contributed by atoms with van der Waals surface area (Å²) in [6, 6.07) is 18.3. The second-order valence-electron chi connectivity index (χ2n) is 6.70. The number of hydrogen-bond donors (Lipinski definition) is 1. The van der Waals surface area contributed by atoms with Crippen molar-refractivity contribution >= 4 is 5.91 Å². The van der Waals surface area contributed by atoms with E-state index in [1.54, 1.807) is 7.11 Å². The van der Waals surface area contributed by atoms with Crippen LogP contribution in [0.5, 0.6) is 5.75 Å². The molecule has 0 spiro atoms. The van der Waals surface area contributed by atoms with E-state index < -0.39 is 0 Å². The molecule has 25 heavy (non-hydrogen) atoms. The molecule has 1 heterocycles. The third-order valence-electron chi connectivity index (χ3n) is 4.75. The maximum absolute atomic E-state index is 12.1. The number of benzene rings is 2. The van der Waals surface area contributed by atoms with Gasteiger partial charge in [0.2, 0.25) is 5.91 Å². The zero-order valence-corrected chi connectivity index (χ0v) is 14.8. The maximum Gasteiger partial charge on any atom is 0.234 e. The van der Waals surface area contributed by atoms with Crippen molar-refractivity contribution in [2.75, 3.05) is 26.7 Å². The lowest BCUT2D eigenvalue weighted by atomic mass is 9.99. The Kier molecular flexibility index (Phi) is 6.07. The van der Waals surface area contributed by atoms with E-state index in [1.807, 2.05) is 42.5 Å². The lowest BCUT2D eigenvalue weighted by molar-refractivity contribution is -0.122. The third-order valence-corrected chi connectivity index (χ3v) is 4.75. The Hall–Kier alpha value is -2.33. The number of ether oxygens (including phenoxy) is 1. The largest absolute Gasteiger partial charge is 0.497 e. The molecule has 1 fully saturated rings. The van der Waals surface area contributed by atoms with Crippen molar-refractivity contribution in [2.24, 2.45) is 5.92 Å². The first-order valence-corrected chi connectivity index (χ1v) is 8.89. The first-order valence-electron chi connectivity index (χ1n) is 8.89. The van der Waals surface area contributed by atoms with Gasteiger partial charge in [-0.2, -0.15) is 0 Å². The fraction of sp³-hybridized carbons (Fsp3) is 0.381. The summed E-state index contributed by atoms with van der Waals surface area (Å²) in [5.74, 6) is 1.62. The number of rotatable bonds is 7. The van der Waals surface area contributed by atoms with Crippen LogP contribution in [0.4, 0.5) is 0 Å². The fourth-order valence-corrected chi connectivity index (χ4v) is 3.37. The summed E-state index contributed by atoms with van der Waals surface area (Å²) in [5.41, 5.74) is 2.47. The first kappa shape index (κ1) is 17.5. The van der Waals surface area contributed by atoms with Crippen LogP contribution < -0.4 is 10.1 Å². The molecule has 0 aliphatic carbocycles. The summed E-state index contributed by atoms with van der Waals surface area (Å²) in [6.07, 6.45) is 2.21. The normalized spacial score (nSPS) is 17.4. The van der Waals surface area contributed by atoms with Gasteiger partial charge in [0.05, 0.1) is 13.7 Å². The van der Waals surface area contributed by atoms with Gasteiger partial charge in [-0.15, -0.1) is 0 Å². The monoisotopic (exact) mass is 338 g/mol. The molecular formula is C21H26N2O2. The number of nitrogens with one attached hydrogen (secondary N) is 1. The minimum absolute atomic E-state index is 0.106. The van der Waals surface area contributed by atoms with Crippen LogP contribution in [-0.4, -0.2) is 37.6 Å². The molecule has 132 valence electrons.